The van der Waals surface area contributed by atoms with E-state index >= 15 is 0 Å². The molecule has 2 nitrogen and oxygen atoms in total. The number of methoxy groups -OCH3 is 1. The molecule has 0 aromatic heterocycles. The molecule has 0 N–H and O–H groups in total. The highest BCUT2D eigenvalue weighted by atomic mass is 16.5. The molecular formula is C17H20O2. The molecule has 0 aliphatic rings. The van der Waals surface area contributed by atoms with E-state index in [2.05, 4.69) is 19.1 Å². The van der Waals surface area contributed by atoms with Crippen molar-refractivity contribution in [3.8, 4) is 22.6 Å². The van der Waals surface area contributed by atoms with Gasteiger partial charge in [-0.3, -0.25) is 0 Å². The Morgan fingerprint density at radius 1 is 1.00 bits per heavy atom. The van der Waals surface area contributed by atoms with Gasteiger partial charge in [-0.05, 0) is 30.2 Å². The van der Waals surface area contributed by atoms with Gasteiger partial charge in [-0.1, -0.05) is 43.7 Å². The van der Waals surface area contributed by atoms with Crippen molar-refractivity contribution in [2.45, 2.75) is 19.8 Å². The molecule has 0 saturated carbocycles. The van der Waals surface area contributed by atoms with Crippen LogP contribution in [0.25, 0.3) is 11.1 Å². The second-order valence-electron chi connectivity index (χ2n) is 4.43. The molecule has 2 heteroatoms. The lowest BCUT2D eigenvalue weighted by atomic mass is 10.0. The van der Waals surface area contributed by atoms with Gasteiger partial charge in [0, 0.05) is 5.56 Å². The van der Waals surface area contributed by atoms with Crippen LogP contribution in [0.2, 0.25) is 0 Å². The summed E-state index contributed by atoms with van der Waals surface area (Å²) in [5.41, 5.74) is 2.21. The van der Waals surface area contributed by atoms with Gasteiger partial charge in [-0.15, -0.1) is 0 Å². The van der Waals surface area contributed by atoms with E-state index < -0.39 is 0 Å². The van der Waals surface area contributed by atoms with Gasteiger partial charge in [0.15, 0.2) is 0 Å². The Balaban J connectivity index is 2.27. The van der Waals surface area contributed by atoms with E-state index in [1.165, 1.54) is 0 Å². The first-order chi connectivity index (χ1) is 9.35. The first kappa shape index (κ1) is 13.5. The summed E-state index contributed by atoms with van der Waals surface area (Å²) in [5, 5.41) is 0. The molecule has 2 aromatic carbocycles. The fourth-order valence-corrected chi connectivity index (χ4v) is 1.95. The van der Waals surface area contributed by atoms with E-state index in [4.69, 9.17) is 9.47 Å². The molecule has 0 amide bonds. The minimum atomic E-state index is 0.761. The highest BCUT2D eigenvalue weighted by Gasteiger charge is 2.07. The molecule has 0 aliphatic heterocycles. The average molecular weight is 256 g/mol. The van der Waals surface area contributed by atoms with E-state index in [-0.39, 0.29) is 0 Å². The third-order valence-electron chi connectivity index (χ3n) is 3.02. The predicted molar refractivity (Wildman–Crippen MR) is 78.8 cm³/mol. The number of hydrogen-bond donors (Lipinski definition) is 0. The molecule has 0 radical (unpaired) electrons. The van der Waals surface area contributed by atoms with Gasteiger partial charge >= 0.3 is 0 Å². The summed E-state index contributed by atoms with van der Waals surface area (Å²) < 4.78 is 11.2. The highest BCUT2D eigenvalue weighted by Crippen LogP contribution is 2.33. The normalized spacial score (nSPS) is 10.2. The van der Waals surface area contributed by atoms with E-state index in [1.54, 1.807) is 7.11 Å². The van der Waals surface area contributed by atoms with Crippen molar-refractivity contribution in [2.24, 2.45) is 0 Å². The van der Waals surface area contributed by atoms with Crippen LogP contribution in [0.3, 0.4) is 0 Å². The zero-order valence-corrected chi connectivity index (χ0v) is 11.6. The molecule has 0 spiro atoms. The fraction of sp³-hybridized carbons (Fsp3) is 0.294. The lowest BCUT2D eigenvalue weighted by Crippen LogP contribution is -1.97. The number of benzene rings is 2. The van der Waals surface area contributed by atoms with Gasteiger partial charge < -0.3 is 9.47 Å². The third kappa shape index (κ3) is 3.50. The summed E-state index contributed by atoms with van der Waals surface area (Å²) in [4.78, 5) is 0. The van der Waals surface area contributed by atoms with Gasteiger partial charge in [0.25, 0.3) is 0 Å². The van der Waals surface area contributed by atoms with Crippen LogP contribution in [0.15, 0.2) is 48.5 Å². The molecule has 0 heterocycles. The Bertz CT molecular complexity index is 506. The Morgan fingerprint density at radius 3 is 2.47 bits per heavy atom. The maximum absolute atomic E-state index is 5.75. The van der Waals surface area contributed by atoms with Gasteiger partial charge in [-0.25, -0.2) is 0 Å². The largest absolute Gasteiger partial charge is 0.496 e. The minimum Gasteiger partial charge on any atom is -0.496 e. The smallest absolute Gasteiger partial charge is 0.126 e. The highest BCUT2D eigenvalue weighted by molar-refractivity contribution is 5.71. The Hall–Kier alpha value is -1.96. The maximum atomic E-state index is 5.75. The van der Waals surface area contributed by atoms with E-state index in [0.29, 0.717) is 0 Å². The molecule has 0 saturated heterocycles. The van der Waals surface area contributed by atoms with E-state index in [9.17, 15) is 0 Å². The van der Waals surface area contributed by atoms with Crippen LogP contribution in [0, 0.1) is 0 Å². The summed E-state index contributed by atoms with van der Waals surface area (Å²) in [5.74, 6) is 1.77. The van der Waals surface area contributed by atoms with Gasteiger partial charge in [0.2, 0.25) is 0 Å². The third-order valence-corrected chi connectivity index (χ3v) is 3.02. The van der Waals surface area contributed by atoms with Crippen molar-refractivity contribution >= 4 is 0 Å². The van der Waals surface area contributed by atoms with Crippen LogP contribution in [-0.2, 0) is 0 Å². The SMILES string of the molecule is CCCCOc1ccc(OC)c(-c2ccccc2)c1. The lowest BCUT2D eigenvalue weighted by Gasteiger charge is -2.12. The molecule has 2 aromatic rings. The molecule has 19 heavy (non-hydrogen) atoms. The molecule has 0 atom stereocenters. The van der Waals surface area contributed by atoms with Crippen LogP contribution in [-0.4, -0.2) is 13.7 Å². The molecule has 0 unspecified atom stereocenters. The Kier molecular flexibility index (Phi) is 4.85. The van der Waals surface area contributed by atoms with Crippen molar-refractivity contribution < 1.29 is 9.47 Å². The fourth-order valence-electron chi connectivity index (χ4n) is 1.95. The molecule has 100 valence electrons. The lowest BCUT2D eigenvalue weighted by molar-refractivity contribution is 0.309. The zero-order valence-electron chi connectivity index (χ0n) is 11.6. The zero-order chi connectivity index (χ0) is 13.5. The number of unbranched alkanes of at least 4 members (excludes halogenated alkanes) is 1. The second-order valence-corrected chi connectivity index (χ2v) is 4.43. The molecule has 0 bridgehead atoms. The van der Waals surface area contributed by atoms with E-state index in [0.717, 1.165) is 42.1 Å². The monoisotopic (exact) mass is 256 g/mol. The van der Waals surface area contributed by atoms with Crippen molar-refractivity contribution in [1.82, 2.24) is 0 Å². The van der Waals surface area contributed by atoms with E-state index in [1.807, 2.05) is 36.4 Å². The molecule has 0 aliphatic carbocycles. The predicted octanol–water partition coefficient (Wildman–Crippen LogP) is 4.54. The first-order valence-electron chi connectivity index (χ1n) is 6.71. The first-order valence-corrected chi connectivity index (χ1v) is 6.71. The molecule has 2 rings (SSSR count). The van der Waals surface area contributed by atoms with Crippen molar-refractivity contribution in [3.05, 3.63) is 48.5 Å². The van der Waals surface area contributed by atoms with Crippen molar-refractivity contribution in [2.75, 3.05) is 13.7 Å². The van der Waals surface area contributed by atoms with Crippen molar-refractivity contribution in [3.63, 3.8) is 0 Å². The van der Waals surface area contributed by atoms with Crippen LogP contribution in [0.5, 0.6) is 11.5 Å². The number of hydrogen-bond acceptors (Lipinski definition) is 2. The summed E-state index contributed by atoms with van der Waals surface area (Å²) >= 11 is 0. The topological polar surface area (TPSA) is 18.5 Å². The van der Waals surface area contributed by atoms with Crippen molar-refractivity contribution in [1.29, 1.82) is 0 Å². The van der Waals surface area contributed by atoms with Gasteiger partial charge in [0.05, 0.1) is 13.7 Å². The van der Waals surface area contributed by atoms with Crippen LogP contribution in [0.1, 0.15) is 19.8 Å². The summed E-state index contributed by atoms with van der Waals surface area (Å²) in [6.45, 7) is 2.92. The number of ether oxygens (including phenoxy) is 2. The van der Waals surface area contributed by atoms with Gasteiger partial charge in [0.1, 0.15) is 11.5 Å². The van der Waals surface area contributed by atoms with Crippen LogP contribution in [0.4, 0.5) is 0 Å². The number of rotatable bonds is 6. The van der Waals surface area contributed by atoms with Crippen LogP contribution < -0.4 is 9.47 Å². The van der Waals surface area contributed by atoms with Crippen LogP contribution >= 0.6 is 0 Å². The summed E-state index contributed by atoms with van der Waals surface area (Å²) in [6.07, 6.45) is 2.22. The molecule has 0 fully saturated rings. The molecular weight excluding hydrogens is 236 g/mol. The average Bonchev–Trinajstić information content (AvgIpc) is 2.48. The Morgan fingerprint density at radius 2 is 1.79 bits per heavy atom. The Labute approximate surface area is 115 Å². The summed E-state index contributed by atoms with van der Waals surface area (Å²) in [6, 6.07) is 16.2. The standard InChI is InChI=1S/C17H20O2/c1-3-4-12-19-15-10-11-17(18-2)16(13-15)14-8-6-5-7-9-14/h5-11,13H,3-4,12H2,1-2H3. The second kappa shape index (κ2) is 6.83. The van der Waals surface area contributed by atoms with Gasteiger partial charge in [-0.2, -0.15) is 0 Å². The summed E-state index contributed by atoms with van der Waals surface area (Å²) in [7, 11) is 1.69. The maximum Gasteiger partial charge on any atom is 0.126 e. The quantitative estimate of drug-likeness (QED) is 0.706. The minimum absolute atomic E-state index is 0.761.